The summed E-state index contributed by atoms with van der Waals surface area (Å²) in [5, 5.41) is 5.78. The quantitative estimate of drug-likeness (QED) is 0.162. The predicted molar refractivity (Wildman–Crippen MR) is 280 cm³/mol. The Balaban J connectivity index is 0.000000261. The number of halogens is 4. The van der Waals surface area contributed by atoms with Crippen LogP contribution in [0.15, 0.2) is 66.7 Å². The zero-order chi connectivity index (χ0) is 57.7. The first-order valence-electron chi connectivity index (χ1n) is 26.5. The van der Waals surface area contributed by atoms with Crippen molar-refractivity contribution in [2.75, 3.05) is 33.2 Å². The van der Waals surface area contributed by atoms with Crippen LogP contribution in [0.2, 0.25) is 0 Å². The number of carbonyl (C=O) groups excluding carboxylic acids is 7. The van der Waals surface area contributed by atoms with Crippen LogP contribution in [0.25, 0.3) is 0 Å². The van der Waals surface area contributed by atoms with Crippen molar-refractivity contribution in [3.63, 3.8) is 0 Å². The van der Waals surface area contributed by atoms with E-state index in [2.05, 4.69) is 10.6 Å². The van der Waals surface area contributed by atoms with E-state index in [1.165, 1.54) is 37.9 Å². The predicted octanol–water partition coefficient (Wildman–Crippen LogP) is 6.85. The molecule has 4 aliphatic heterocycles. The van der Waals surface area contributed by atoms with Crippen LogP contribution in [0, 0.1) is 40.0 Å². The van der Waals surface area contributed by atoms with E-state index in [1.54, 1.807) is 26.5 Å². The molecule has 4 fully saturated rings. The summed E-state index contributed by atoms with van der Waals surface area (Å²) in [5.41, 5.74) is -0.476. The second kappa shape index (κ2) is 24.8. The maximum atomic E-state index is 14.2. The van der Waals surface area contributed by atoms with Gasteiger partial charge >= 0.3 is 6.09 Å². The van der Waals surface area contributed by atoms with Gasteiger partial charge in [-0.25, -0.2) is 22.4 Å². The summed E-state index contributed by atoms with van der Waals surface area (Å²) >= 11 is 0. The van der Waals surface area contributed by atoms with Crippen LogP contribution in [0.1, 0.15) is 101 Å². The van der Waals surface area contributed by atoms with Crippen molar-refractivity contribution in [1.82, 2.24) is 35.1 Å². The number of amides is 7. The number of benzene rings is 3. The zero-order valence-corrected chi connectivity index (χ0v) is 46.6. The summed E-state index contributed by atoms with van der Waals surface area (Å²) in [6, 6.07) is 11.3. The van der Waals surface area contributed by atoms with E-state index in [0.717, 1.165) is 29.8 Å². The third-order valence-corrected chi connectivity index (χ3v) is 15.2. The molecule has 0 spiro atoms. The Hall–Kier alpha value is -6.93. The van der Waals surface area contributed by atoms with Gasteiger partial charge in [0.25, 0.3) is 0 Å². The lowest BCUT2D eigenvalue weighted by atomic mass is 9.85. The molecular weight excluding hydrogens is 1020 g/mol. The van der Waals surface area contributed by atoms with Crippen molar-refractivity contribution in [3.8, 4) is 11.5 Å². The molecular formula is C57H75F4N7O10. The molecule has 3 aromatic carbocycles. The number of carbonyl (C=O) groups is 7. The summed E-state index contributed by atoms with van der Waals surface area (Å²) in [4.78, 5) is 99.3. The Morgan fingerprint density at radius 2 is 1.05 bits per heavy atom. The Morgan fingerprint density at radius 3 is 1.44 bits per heavy atom. The van der Waals surface area contributed by atoms with Crippen LogP contribution in [0.4, 0.5) is 22.4 Å². The number of nitrogens with zero attached hydrogens (tertiary/aromatic N) is 5. The molecule has 0 radical (unpaired) electrons. The molecule has 0 saturated carbocycles. The molecule has 2 N–H and O–H groups in total. The highest BCUT2D eigenvalue weighted by Gasteiger charge is 2.56. The van der Waals surface area contributed by atoms with Crippen molar-refractivity contribution in [2.24, 2.45) is 16.7 Å². The Bertz CT molecular complexity index is 2690. The molecule has 21 heteroatoms. The van der Waals surface area contributed by atoms with E-state index in [9.17, 15) is 51.1 Å². The number of rotatable bonds is 14. The van der Waals surface area contributed by atoms with Gasteiger partial charge in [0.05, 0.1) is 37.3 Å². The maximum Gasteiger partial charge on any atom is 0.410 e. The van der Waals surface area contributed by atoms with E-state index >= 15 is 0 Å². The Kier molecular flexibility index (Phi) is 19.2. The van der Waals surface area contributed by atoms with E-state index in [-0.39, 0.29) is 78.7 Å². The van der Waals surface area contributed by atoms with Crippen LogP contribution < -0.4 is 20.1 Å². The van der Waals surface area contributed by atoms with Crippen molar-refractivity contribution < 1.29 is 65.3 Å². The molecule has 7 rings (SSSR count). The number of likely N-dealkylation sites (N-methyl/N-ethyl adjacent to an activating group) is 1. The average molecular weight is 1090 g/mol. The summed E-state index contributed by atoms with van der Waals surface area (Å²) in [6.07, 6.45) is -0.292. The fraction of sp³-hybridized carbons (Fsp3) is 0.561. The van der Waals surface area contributed by atoms with Gasteiger partial charge in [0.1, 0.15) is 48.4 Å². The molecule has 17 nitrogen and oxygen atoms in total. The summed E-state index contributed by atoms with van der Waals surface area (Å²) in [7, 11) is 1.45. The molecule has 0 unspecified atom stereocenters. The molecule has 4 heterocycles. The number of hydrogen-bond acceptors (Lipinski definition) is 10. The molecule has 10 atom stereocenters. The van der Waals surface area contributed by atoms with Crippen LogP contribution in [-0.2, 0) is 40.1 Å². The second-order valence-electron chi connectivity index (χ2n) is 22.8. The molecule has 0 aromatic heterocycles. The minimum absolute atomic E-state index is 0.0457. The highest BCUT2D eigenvalue weighted by atomic mass is 19.2. The summed E-state index contributed by atoms with van der Waals surface area (Å²) in [5.74, 6) is -5.79. The number of fused-ring (bicyclic) bond motifs is 2. The van der Waals surface area contributed by atoms with E-state index in [1.807, 2.05) is 85.7 Å². The summed E-state index contributed by atoms with van der Waals surface area (Å²) in [6.45, 7) is 20.5. The number of likely N-dealkylation sites (tertiary alicyclic amines) is 4. The first kappa shape index (κ1) is 60.3. The molecule has 0 bridgehead atoms. The van der Waals surface area contributed by atoms with Crippen molar-refractivity contribution in [2.45, 2.75) is 157 Å². The number of hydrogen-bond donors (Lipinski definition) is 2. The summed E-state index contributed by atoms with van der Waals surface area (Å²) < 4.78 is 72.0. The minimum Gasteiger partial charge on any atom is -0.486 e. The first-order valence-corrected chi connectivity index (χ1v) is 26.5. The monoisotopic (exact) mass is 1090 g/mol. The highest BCUT2D eigenvalue weighted by Crippen LogP contribution is 2.38. The van der Waals surface area contributed by atoms with Gasteiger partial charge in [-0.1, -0.05) is 85.7 Å². The number of nitrogens with one attached hydrogen (secondary N) is 2. The molecule has 4 aliphatic rings. The number of ether oxygens (including phenoxy) is 3. The SMILES string of the molecule is CC(=O)N1C[C@H](Oc2ccc(F)c(F)c2)[C@@H]2[C@H]1CCN2C(=O)[C@@H](NC(=O)[C@H](C)N(C)C(=O)OCc1ccccc1)C(C)(C)C.CC[C@@H](C)C(=O)N[C@H](C(=O)N1CC[C@@H]2[C@H]1[C@@H](Oc1ccc(F)c(F)c1)CN2C(C)=O)C(C)(C)C. The lowest BCUT2D eigenvalue weighted by Gasteiger charge is -2.37. The molecule has 426 valence electrons. The lowest BCUT2D eigenvalue weighted by molar-refractivity contribution is -0.142. The average Bonchev–Trinajstić information content (AvgIpc) is 4.27. The fourth-order valence-corrected chi connectivity index (χ4v) is 10.5. The third-order valence-electron chi connectivity index (χ3n) is 15.2. The second-order valence-corrected chi connectivity index (χ2v) is 22.8. The van der Waals surface area contributed by atoms with Gasteiger partial charge in [0, 0.05) is 52.0 Å². The Labute approximate surface area is 454 Å². The Morgan fingerprint density at radius 1 is 0.628 bits per heavy atom. The smallest absolute Gasteiger partial charge is 0.410 e. The fourth-order valence-electron chi connectivity index (χ4n) is 10.5. The molecule has 0 aliphatic carbocycles. The maximum absolute atomic E-state index is 14.2. The third kappa shape index (κ3) is 13.8. The van der Waals surface area contributed by atoms with Gasteiger partial charge in [-0.2, -0.15) is 0 Å². The zero-order valence-electron chi connectivity index (χ0n) is 46.6. The molecule has 78 heavy (non-hydrogen) atoms. The topological polar surface area (TPSA) is 187 Å². The van der Waals surface area contributed by atoms with Gasteiger partial charge in [-0.15, -0.1) is 0 Å². The first-order chi connectivity index (χ1) is 36.5. The van der Waals surface area contributed by atoms with E-state index in [4.69, 9.17) is 14.2 Å². The van der Waals surface area contributed by atoms with Crippen molar-refractivity contribution >= 4 is 41.5 Å². The minimum atomic E-state index is -1.07. The lowest BCUT2D eigenvalue weighted by Crippen LogP contribution is -2.60. The molecule has 7 amide bonds. The van der Waals surface area contributed by atoms with Gasteiger partial charge in [-0.3, -0.25) is 33.7 Å². The van der Waals surface area contributed by atoms with Crippen molar-refractivity contribution in [3.05, 3.63) is 95.6 Å². The van der Waals surface area contributed by atoms with Crippen molar-refractivity contribution in [1.29, 1.82) is 0 Å². The van der Waals surface area contributed by atoms with Gasteiger partial charge < -0.3 is 44.4 Å². The highest BCUT2D eigenvalue weighted by molar-refractivity contribution is 5.92. The van der Waals surface area contributed by atoms with Crippen LogP contribution in [0.5, 0.6) is 11.5 Å². The standard InChI is InChI=1S/C32H40F2N4O6.C25H35F2N3O4/c1-19(36(6)31(42)43-18-21-10-8-7-9-11-21)29(40)35-28(32(3,4)5)30(41)37-15-14-25-27(37)26(17-38(25)20(2)39)44-22-12-13-23(33)24(34)16-22;1-7-14(2)23(32)28-22(25(4,5)6)24(33)29-11-10-19-21(29)20(13-30(19)15(3)31)34-16-8-9-17(26)18(27)12-16/h7-13,16,19,25-28H,14-15,17-18H2,1-6H3,(H,35,40);8-9,12,14,19-22H,7,10-11,13H2,1-6H3,(H,28,32)/t19-,25+,26-,27-,28+;14-,19-,20+,21+,22-/m01/s1. The van der Waals surface area contributed by atoms with E-state index < -0.39 is 88.5 Å². The van der Waals surface area contributed by atoms with Crippen LogP contribution in [-0.4, -0.2) is 154 Å². The molecule has 4 saturated heterocycles. The largest absolute Gasteiger partial charge is 0.486 e. The normalized spacial score (nSPS) is 22.2. The van der Waals surface area contributed by atoms with Gasteiger partial charge in [0.2, 0.25) is 35.4 Å². The van der Waals surface area contributed by atoms with E-state index in [0.29, 0.717) is 32.4 Å². The van der Waals surface area contributed by atoms with Crippen LogP contribution in [0.3, 0.4) is 0 Å². The molecule has 3 aromatic rings. The van der Waals surface area contributed by atoms with Crippen LogP contribution >= 0.6 is 0 Å². The van der Waals surface area contributed by atoms with Gasteiger partial charge in [-0.05, 0) is 66.8 Å². The van der Waals surface area contributed by atoms with Gasteiger partial charge in [0.15, 0.2) is 23.3 Å².